The number of hydrogen-bond donors (Lipinski definition) is 9. The number of aliphatic hydroxyl groups excluding tert-OH is 8. The number of rotatable bonds is 53. The molecule has 2 aliphatic rings. The Balaban J connectivity index is 1.64. The van der Waals surface area contributed by atoms with E-state index < -0.39 is 86.8 Å². The molecule has 14 heteroatoms. The van der Waals surface area contributed by atoms with Crippen molar-refractivity contribution in [3.8, 4) is 0 Å². The molecule has 2 saturated heterocycles. The molecule has 2 rings (SSSR count). The lowest BCUT2D eigenvalue weighted by Crippen LogP contribution is -2.65. The Bertz CT molecular complexity index is 2040. The summed E-state index contributed by atoms with van der Waals surface area (Å²) in [5.41, 5.74) is 0. The van der Waals surface area contributed by atoms with E-state index in [2.05, 4.69) is 153 Å². The minimum atomic E-state index is -1.80. The van der Waals surface area contributed by atoms with Gasteiger partial charge < -0.3 is 65.1 Å². The van der Waals surface area contributed by atoms with Gasteiger partial charge in [0.25, 0.3) is 0 Å². The number of carbonyl (C=O) groups is 1. The SMILES string of the molecule is CC/C=C\C/C=C\C/C=C\C/C=C\C/C=C\C/C=C\C/C=C\C/C=C\C/C=C\CCCCCCCCCCCCCC(=O)NC(COC1OC(CO)C(OC2OC(CO)C(O)C(O)C2O)C(O)C1O)C(O)/C=C/CC/C=C/CC/C=C/CCCCCCC. The Kier molecular flexibility index (Phi) is 51.6. The van der Waals surface area contributed by atoms with Crippen LogP contribution in [0, 0.1) is 0 Å². The lowest BCUT2D eigenvalue weighted by molar-refractivity contribution is -0.359. The van der Waals surface area contributed by atoms with Crippen LogP contribution in [0.15, 0.2) is 146 Å². The number of allylic oxidation sites excluding steroid dienone is 23. The zero-order valence-corrected chi connectivity index (χ0v) is 54.2. The van der Waals surface area contributed by atoms with Crippen LogP contribution in [0.4, 0.5) is 0 Å². The van der Waals surface area contributed by atoms with E-state index in [1.54, 1.807) is 6.08 Å². The first-order chi connectivity index (χ1) is 43.1. The predicted molar refractivity (Wildman–Crippen MR) is 359 cm³/mol. The highest BCUT2D eigenvalue weighted by atomic mass is 16.7. The van der Waals surface area contributed by atoms with Gasteiger partial charge in [0.2, 0.25) is 5.91 Å². The predicted octanol–water partition coefficient (Wildman–Crippen LogP) is 13.7. The second-order valence-corrected chi connectivity index (χ2v) is 23.2. The third kappa shape index (κ3) is 40.6. The minimum Gasteiger partial charge on any atom is -0.394 e. The zero-order chi connectivity index (χ0) is 63.8. The van der Waals surface area contributed by atoms with Gasteiger partial charge in [-0.2, -0.15) is 0 Å². The van der Waals surface area contributed by atoms with Gasteiger partial charge in [-0.25, -0.2) is 0 Å². The summed E-state index contributed by atoms with van der Waals surface area (Å²) in [5, 5.41) is 87.2. The van der Waals surface area contributed by atoms with Crippen LogP contribution in [0.2, 0.25) is 0 Å². The van der Waals surface area contributed by atoms with Gasteiger partial charge in [0, 0.05) is 6.42 Å². The average Bonchev–Trinajstić information content (AvgIpc) is 2.99. The van der Waals surface area contributed by atoms with E-state index in [1.807, 2.05) is 6.08 Å². The number of ether oxygens (including phenoxy) is 4. The first-order valence-electron chi connectivity index (χ1n) is 34.1. The molecule has 0 aliphatic carbocycles. The molecule has 0 saturated carbocycles. The average molecular weight is 1230 g/mol. The fraction of sp³-hybridized carbons (Fsp3) is 0.662. The van der Waals surface area contributed by atoms with Crippen molar-refractivity contribution in [3.05, 3.63) is 146 Å². The van der Waals surface area contributed by atoms with Crippen molar-refractivity contribution in [1.82, 2.24) is 5.32 Å². The van der Waals surface area contributed by atoms with Gasteiger partial charge in [0.15, 0.2) is 12.6 Å². The number of carbonyl (C=O) groups excluding carboxylic acids is 1. The molecule has 2 fully saturated rings. The van der Waals surface area contributed by atoms with Crippen LogP contribution < -0.4 is 5.32 Å². The lowest BCUT2D eigenvalue weighted by atomic mass is 9.97. The van der Waals surface area contributed by atoms with E-state index in [9.17, 15) is 45.6 Å². The summed E-state index contributed by atoms with van der Waals surface area (Å²) in [6.07, 6.45) is 69.0. The quantitative estimate of drug-likeness (QED) is 0.0204. The second-order valence-electron chi connectivity index (χ2n) is 23.2. The Morgan fingerprint density at radius 3 is 1.25 bits per heavy atom. The molecule has 9 N–H and O–H groups in total. The van der Waals surface area contributed by atoms with Crippen LogP contribution in [0.25, 0.3) is 0 Å². The topological polar surface area (TPSA) is 228 Å². The normalized spacial score (nSPS) is 24.1. The van der Waals surface area contributed by atoms with E-state index in [4.69, 9.17) is 18.9 Å². The molecule has 0 bridgehead atoms. The first-order valence-corrected chi connectivity index (χ1v) is 34.1. The standard InChI is InChI=1S/C74H121NO13/c1-3-5-7-9-11-13-15-17-19-20-21-22-23-24-25-26-27-28-29-30-31-32-33-34-35-36-37-38-39-40-41-42-44-46-48-50-52-54-56-58-66(79)75-62(63(78)57-55-53-51-49-47-45-43-18-16-14-12-10-8-6-4-2)61-85-73-71(84)69(82)72(65(60-77)87-73)88-74-70(83)68(81)67(80)64(59-76)86-74/h5,7,11,13,16-19,21-22,24-25,27-28,30-31,33-34,36-37,47,49,55,57,62-65,67-74,76-78,80-84H,3-4,6,8-10,12,14-15,20,23,26,29,32,35,38-46,48,50-54,56,58-61H2,1-2H3,(H,75,79)/b7-5-,13-11-,18-16+,19-17-,22-21-,25-24-,28-27-,31-30-,34-33-,37-36-,49-47+,57-55+. The summed E-state index contributed by atoms with van der Waals surface area (Å²) in [6, 6.07) is -0.949. The molecule has 0 radical (unpaired) electrons. The van der Waals surface area contributed by atoms with Crippen LogP contribution in [-0.2, 0) is 23.7 Å². The van der Waals surface area contributed by atoms with Crippen LogP contribution in [-0.4, -0.2) is 140 Å². The maximum Gasteiger partial charge on any atom is 0.220 e. The highest BCUT2D eigenvalue weighted by molar-refractivity contribution is 5.76. The van der Waals surface area contributed by atoms with Gasteiger partial charge >= 0.3 is 0 Å². The molecule has 2 heterocycles. The summed E-state index contributed by atoms with van der Waals surface area (Å²) in [4.78, 5) is 13.3. The van der Waals surface area contributed by atoms with Crippen molar-refractivity contribution in [1.29, 1.82) is 0 Å². The smallest absolute Gasteiger partial charge is 0.220 e. The first kappa shape index (κ1) is 80.0. The van der Waals surface area contributed by atoms with Crippen molar-refractivity contribution in [2.45, 2.75) is 293 Å². The molecular weight excluding hydrogens is 1110 g/mol. The zero-order valence-electron chi connectivity index (χ0n) is 54.2. The van der Waals surface area contributed by atoms with E-state index in [0.717, 1.165) is 109 Å². The molecule has 0 aromatic heterocycles. The monoisotopic (exact) mass is 1230 g/mol. The summed E-state index contributed by atoms with van der Waals surface area (Å²) in [6.45, 7) is 2.62. The minimum absolute atomic E-state index is 0.257. The summed E-state index contributed by atoms with van der Waals surface area (Å²) in [7, 11) is 0. The van der Waals surface area contributed by atoms with Crippen LogP contribution in [0.5, 0.6) is 0 Å². The fourth-order valence-electron chi connectivity index (χ4n) is 10.1. The molecular formula is C74H121NO13. The van der Waals surface area contributed by atoms with Crippen LogP contribution in [0.1, 0.15) is 219 Å². The summed E-state index contributed by atoms with van der Waals surface area (Å²) >= 11 is 0. The van der Waals surface area contributed by atoms with Crippen LogP contribution >= 0.6 is 0 Å². The van der Waals surface area contributed by atoms with E-state index in [1.165, 1.54) is 77.0 Å². The number of aliphatic hydroxyl groups is 8. The third-order valence-corrected chi connectivity index (χ3v) is 15.5. The largest absolute Gasteiger partial charge is 0.394 e. The van der Waals surface area contributed by atoms with Crippen LogP contribution in [0.3, 0.4) is 0 Å². The van der Waals surface area contributed by atoms with Crippen molar-refractivity contribution in [2.24, 2.45) is 0 Å². The highest BCUT2D eigenvalue weighted by Gasteiger charge is 2.51. The van der Waals surface area contributed by atoms with E-state index in [-0.39, 0.29) is 18.9 Å². The van der Waals surface area contributed by atoms with Gasteiger partial charge in [-0.3, -0.25) is 4.79 Å². The molecule has 14 nitrogen and oxygen atoms in total. The van der Waals surface area contributed by atoms with E-state index in [0.29, 0.717) is 12.8 Å². The molecule has 88 heavy (non-hydrogen) atoms. The number of unbranched alkanes of at least 4 members (excludes halogenated alkanes) is 18. The van der Waals surface area contributed by atoms with Gasteiger partial charge in [0.1, 0.15) is 48.8 Å². The molecule has 0 spiro atoms. The molecule has 500 valence electrons. The Labute approximate surface area is 532 Å². The van der Waals surface area contributed by atoms with Gasteiger partial charge in [-0.05, 0) is 116 Å². The van der Waals surface area contributed by atoms with Gasteiger partial charge in [0.05, 0.1) is 32.0 Å². The Morgan fingerprint density at radius 2 is 0.795 bits per heavy atom. The molecule has 2 aliphatic heterocycles. The Morgan fingerprint density at radius 1 is 0.420 bits per heavy atom. The fourth-order valence-corrected chi connectivity index (χ4v) is 10.1. The van der Waals surface area contributed by atoms with Gasteiger partial charge in [-0.1, -0.05) is 243 Å². The number of nitrogens with one attached hydrogen (secondary N) is 1. The highest BCUT2D eigenvalue weighted by Crippen LogP contribution is 2.30. The molecule has 12 unspecified atom stereocenters. The summed E-state index contributed by atoms with van der Waals surface area (Å²) in [5.74, 6) is -0.263. The van der Waals surface area contributed by atoms with Crippen molar-refractivity contribution in [2.75, 3.05) is 19.8 Å². The number of hydrogen-bond acceptors (Lipinski definition) is 13. The second kappa shape index (κ2) is 56.8. The maximum absolute atomic E-state index is 13.3. The number of amides is 1. The van der Waals surface area contributed by atoms with E-state index >= 15 is 0 Å². The molecule has 0 aromatic rings. The Hall–Kier alpha value is -4.13. The van der Waals surface area contributed by atoms with Gasteiger partial charge in [-0.15, -0.1) is 0 Å². The molecule has 0 aromatic carbocycles. The maximum atomic E-state index is 13.3. The third-order valence-electron chi connectivity index (χ3n) is 15.5. The van der Waals surface area contributed by atoms with Crippen molar-refractivity contribution < 1.29 is 64.6 Å². The van der Waals surface area contributed by atoms with Crippen molar-refractivity contribution >= 4 is 5.91 Å². The lowest BCUT2D eigenvalue weighted by Gasteiger charge is -2.46. The molecule has 12 atom stereocenters. The van der Waals surface area contributed by atoms with Crippen molar-refractivity contribution in [3.63, 3.8) is 0 Å². The molecule has 1 amide bonds. The summed E-state index contributed by atoms with van der Waals surface area (Å²) < 4.78 is 22.8.